The third-order valence-electron chi connectivity index (χ3n) is 4.54. The molecular weight excluding hydrogens is 170 g/mol. The van der Waals surface area contributed by atoms with Crippen molar-refractivity contribution >= 4 is 0 Å². The Bertz CT molecular complexity index is 264. The summed E-state index contributed by atoms with van der Waals surface area (Å²) in [6.45, 7) is 0. The molecule has 2 bridgehead atoms. The highest BCUT2D eigenvalue weighted by molar-refractivity contribution is 5.11. The van der Waals surface area contributed by atoms with E-state index in [0.29, 0.717) is 23.7 Å². The first-order valence-electron chi connectivity index (χ1n) is 5.14. The van der Waals surface area contributed by atoms with Crippen LogP contribution in [0.2, 0.25) is 0 Å². The number of rotatable bonds is 0. The fraction of sp³-hybridized carbons (Fsp3) is 1.00. The minimum Gasteiger partial charge on any atom is -0.334 e. The van der Waals surface area contributed by atoms with Crippen LogP contribution in [-0.4, -0.2) is 25.0 Å². The Labute approximate surface area is 75.5 Å². The summed E-state index contributed by atoms with van der Waals surface area (Å²) in [5.41, 5.74) is 0. The molecule has 1 N–H and O–H groups in total. The van der Waals surface area contributed by atoms with Gasteiger partial charge in [-0.15, -0.1) is 0 Å². The van der Waals surface area contributed by atoms with Gasteiger partial charge in [-0.3, -0.25) is 5.32 Å². The molecule has 0 spiro atoms. The second-order valence-corrected chi connectivity index (χ2v) is 4.87. The molecule has 0 aromatic heterocycles. The monoisotopic (exact) mass is 181 g/mol. The highest BCUT2D eigenvalue weighted by Crippen LogP contribution is 2.63. The van der Waals surface area contributed by atoms with Crippen molar-refractivity contribution in [3.63, 3.8) is 0 Å². The third-order valence-corrected chi connectivity index (χ3v) is 4.54. The van der Waals surface area contributed by atoms with E-state index < -0.39 is 0 Å². The van der Waals surface area contributed by atoms with Crippen LogP contribution in [0.25, 0.3) is 0 Å². The number of nitrogens with one attached hydrogen (secondary N) is 1. The lowest BCUT2D eigenvalue weighted by atomic mass is 9.91. The molecule has 0 aromatic carbocycles. The Kier molecular flexibility index (Phi) is 0.817. The summed E-state index contributed by atoms with van der Waals surface area (Å²) in [5, 5.41) is 3.43. The van der Waals surface area contributed by atoms with E-state index >= 15 is 0 Å². The fourth-order valence-corrected chi connectivity index (χ4v) is 4.15. The Hall–Kier alpha value is -0.160. The van der Waals surface area contributed by atoms with Gasteiger partial charge in [-0.05, 0) is 6.42 Å². The van der Waals surface area contributed by atoms with Gasteiger partial charge in [0.15, 0.2) is 12.6 Å². The van der Waals surface area contributed by atoms with Crippen LogP contribution >= 0.6 is 0 Å². The lowest BCUT2D eigenvalue weighted by Crippen LogP contribution is -2.49. The van der Waals surface area contributed by atoms with Gasteiger partial charge in [0.05, 0.1) is 0 Å². The Morgan fingerprint density at radius 1 is 0.846 bits per heavy atom. The van der Waals surface area contributed by atoms with Gasteiger partial charge in [0.1, 0.15) is 12.5 Å². The van der Waals surface area contributed by atoms with E-state index in [0.717, 1.165) is 0 Å². The Morgan fingerprint density at radius 2 is 1.46 bits per heavy atom. The lowest BCUT2D eigenvalue weighted by Gasteiger charge is -2.32. The van der Waals surface area contributed by atoms with Gasteiger partial charge in [-0.1, -0.05) is 0 Å². The van der Waals surface area contributed by atoms with E-state index in [1.54, 1.807) is 0 Å². The molecule has 4 heterocycles. The van der Waals surface area contributed by atoms with Crippen LogP contribution in [0.5, 0.6) is 0 Å². The van der Waals surface area contributed by atoms with Gasteiger partial charge in [-0.25, -0.2) is 0 Å². The highest BCUT2D eigenvalue weighted by Gasteiger charge is 2.71. The van der Waals surface area contributed by atoms with Gasteiger partial charge >= 0.3 is 0 Å². The second-order valence-electron chi connectivity index (χ2n) is 4.87. The largest absolute Gasteiger partial charge is 0.334 e. The van der Waals surface area contributed by atoms with Crippen LogP contribution in [0.4, 0.5) is 0 Å². The average Bonchev–Trinajstić information content (AvgIpc) is 2.73. The molecule has 1 saturated carbocycles. The minimum atomic E-state index is 0.0312. The fourth-order valence-electron chi connectivity index (χ4n) is 4.15. The predicted molar refractivity (Wildman–Crippen MR) is 40.1 cm³/mol. The summed E-state index contributed by atoms with van der Waals surface area (Å²) >= 11 is 0. The van der Waals surface area contributed by atoms with Crippen LogP contribution in [0.15, 0.2) is 0 Å². The molecule has 70 valence electrons. The first-order valence-corrected chi connectivity index (χ1v) is 5.14. The van der Waals surface area contributed by atoms with Crippen LogP contribution in [-0.2, 0) is 14.2 Å². The topological polar surface area (TPSA) is 39.7 Å². The molecule has 13 heavy (non-hydrogen) atoms. The van der Waals surface area contributed by atoms with Crippen molar-refractivity contribution in [1.82, 2.24) is 5.32 Å². The van der Waals surface area contributed by atoms with E-state index in [1.807, 2.05) is 0 Å². The van der Waals surface area contributed by atoms with Gasteiger partial charge in [0.25, 0.3) is 0 Å². The molecule has 5 rings (SSSR count). The van der Waals surface area contributed by atoms with Crippen molar-refractivity contribution in [2.24, 2.45) is 23.7 Å². The summed E-state index contributed by atoms with van der Waals surface area (Å²) in [5.74, 6) is 2.65. The van der Waals surface area contributed by atoms with Gasteiger partial charge < -0.3 is 14.2 Å². The van der Waals surface area contributed by atoms with Gasteiger partial charge in [-0.2, -0.15) is 0 Å². The van der Waals surface area contributed by atoms with Crippen molar-refractivity contribution < 1.29 is 14.2 Å². The summed E-state index contributed by atoms with van der Waals surface area (Å²) in [6, 6.07) is 0. The maximum Gasteiger partial charge on any atom is 0.166 e. The summed E-state index contributed by atoms with van der Waals surface area (Å²) < 4.78 is 17.3. The molecule has 5 aliphatic rings. The lowest BCUT2D eigenvalue weighted by molar-refractivity contribution is -0.250. The molecule has 8 unspecified atom stereocenters. The van der Waals surface area contributed by atoms with E-state index in [-0.39, 0.29) is 25.0 Å². The molecule has 8 atom stereocenters. The van der Waals surface area contributed by atoms with Gasteiger partial charge in [0.2, 0.25) is 0 Å². The molecule has 5 fully saturated rings. The van der Waals surface area contributed by atoms with Crippen molar-refractivity contribution in [3.05, 3.63) is 0 Å². The molecule has 4 nitrogen and oxygen atoms in total. The van der Waals surface area contributed by atoms with Crippen molar-refractivity contribution in [2.75, 3.05) is 0 Å². The zero-order chi connectivity index (χ0) is 8.15. The number of hydrogen-bond donors (Lipinski definition) is 1. The van der Waals surface area contributed by atoms with Crippen molar-refractivity contribution in [1.29, 1.82) is 0 Å². The van der Waals surface area contributed by atoms with E-state index in [2.05, 4.69) is 5.32 Å². The van der Waals surface area contributed by atoms with E-state index in [9.17, 15) is 0 Å². The van der Waals surface area contributed by atoms with E-state index in [4.69, 9.17) is 14.2 Å². The highest BCUT2D eigenvalue weighted by atomic mass is 16.8. The van der Waals surface area contributed by atoms with Crippen LogP contribution < -0.4 is 5.32 Å². The molecular formula is C9H11NO3. The Morgan fingerprint density at radius 3 is 2.08 bits per heavy atom. The first-order chi connectivity index (χ1) is 6.42. The minimum absolute atomic E-state index is 0.0312. The maximum absolute atomic E-state index is 5.79. The molecule has 4 aliphatic heterocycles. The van der Waals surface area contributed by atoms with Crippen LogP contribution in [0.3, 0.4) is 0 Å². The molecule has 1 aliphatic carbocycles. The third kappa shape index (κ3) is 0.501. The quantitative estimate of drug-likeness (QED) is 0.564. The number of piperidine rings is 1. The maximum atomic E-state index is 5.79. The normalized spacial score (nSPS) is 75.7. The van der Waals surface area contributed by atoms with Crippen LogP contribution in [0, 0.1) is 23.7 Å². The second kappa shape index (κ2) is 1.67. The number of ether oxygens (including phenoxy) is 3. The molecule has 0 aromatic rings. The molecule has 4 heteroatoms. The smallest absolute Gasteiger partial charge is 0.166 e. The molecule has 0 radical (unpaired) electrons. The molecule has 4 saturated heterocycles. The Balaban J connectivity index is 1.79. The van der Waals surface area contributed by atoms with Crippen molar-refractivity contribution in [2.45, 2.75) is 31.5 Å². The summed E-state index contributed by atoms with van der Waals surface area (Å²) in [4.78, 5) is 0. The zero-order valence-corrected chi connectivity index (χ0v) is 7.05. The van der Waals surface area contributed by atoms with Crippen molar-refractivity contribution in [3.8, 4) is 0 Å². The standard InChI is InChI=1S/C9H11NO3/c1-2-4-5-3(1)7-10-6(2)11-8(4)13-9(5)12-7/h2-10H,1H2. The zero-order valence-electron chi connectivity index (χ0n) is 7.05. The van der Waals surface area contributed by atoms with Gasteiger partial charge in [0, 0.05) is 23.7 Å². The predicted octanol–water partition coefficient (Wildman–Crippen LogP) is -0.147. The summed E-state index contributed by atoms with van der Waals surface area (Å²) in [6.07, 6.45) is 1.77. The van der Waals surface area contributed by atoms with Crippen LogP contribution in [0.1, 0.15) is 6.42 Å². The SMILES string of the molecule is C1C2C3NC4OC5OC(O3)C2C5C14. The first kappa shape index (κ1) is 6.35. The average molecular weight is 181 g/mol. The molecule has 0 amide bonds. The van der Waals surface area contributed by atoms with E-state index in [1.165, 1.54) is 6.42 Å². The summed E-state index contributed by atoms with van der Waals surface area (Å²) in [7, 11) is 0. The number of hydrogen-bond acceptors (Lipinski definition) is 4.